The van der Waals surface area contributed by atoms with Crippen molar-refractivity contribution in [3.05, 3.63) is 57.1 Å². The molecule has 1 aliphatic heterocycles. The molecule has 1 amide bonds. The summed E-state index contributed by atoms with van der Waals surface area (Å²) in [6.07, 6.45) is 1.80. The van der Waals surface area contributed by atoms with E-state index >= 15 is 0 Å². The fourth-order valence-electron chi connectivity index (χ4n) is 3.60. The first-order valence-corrected chi connectivity index (χ1v) is 9.50. The first kappa shape index (κ1) is 20.9. The summed E-state index contributed by atoms with van der Waals surface area (Å²) < 4.78 is 10.8. The maximum absolute atomic E-state index is 12.6. The number of benzene rings is 2. The summed E-state index contributed by atoms with van der Waals surface area (Å²) in [4.78, 5) is 25.3. The van der Waals surface area contributed by atoms with Crippen molar-refractivity contribution in [2.45, 2.75) is 18.9 Å². The molecule has 3 rings (SSSR count). The normalized spacial score (nSPS) is 16.4. The zero-order valence-electron chi connectivity index (χ0n) is 16.2. The number of nitro benzene ring substituents is 1. The highest BCUT2D eigenvalue weighted by molar-refractivity contribution is 6.31. The van der Waals surface area contributed by atoms with E-state index in [1.807, 2.05) is 23.1 Å². The number of halogens is 1. The van der Waals surface area contributed by atoms with Crippen LogP contribution in [-0.4, -0.2) is 43.0 Å². The Morgan fingerprint density at radius 1 is 1.28 bits per heavy atom. The highest BCUT2D eigenvalue weighted by Crippen LogP contribution is 2.38. The number of nitrogens with zero attached hydrogens (tertiary/aromatic N) is 2. The third-order valence-electron chi connectivity index (χ3n) is 4.94. The molecule has 2 aromatic carbocycles. The standard InChI is InChI=1S/C20H22ClN3O5/c1-28-14-6-8-19(29-2)15(11-14)17-4-3-9-23(17)12-20(25)22-16-7-5-13(21)10-18(16)24(26)27/h5-8,10-11,17H,3-4,9,12H2,1-2H3,(H,22,25)/t17-/m1/s1. The first-order chi connectivity index (χ1) is 13.9. The molecule has 8 nitrogen and oxygen atoms in total. The van der Waals surface area contributed by atoms with Crippen molar-refractivity contribution in [3.63, 3.8) is 0 Å². The van der Waals surface area contributed by atoms with Gasteiger partial charge in [-0.25, -0.2) is 0 Å². The molecular formula is C20H22ClN3O5. The molecule has 0 radical (unpaired) electrons. The minimum absolute atomic E-state index is 0.00833. The molecule has 154 valence electrons. The Morgan fingerprint density at radius 2 is 2.07 bits per heavy atom. The van der Waals surface area contributed by atoms with Crippen molar-refractivity contribution in [1.82, 2.24) is 4.90 Å². The largest absolute Gasteiger partial charge is 0.497 e. The van der Waals surface area contributed by atoms with E-state index in [2.05, 4.69) is 5.32 Å². The lowest BCUT2D eigenvalue weighted by atomic mass is 10.0. The van der Waals surface area contributed by atoms with Gasteiger partial charge in [0.05, 0.1) is 25.7 Å². The van der Waals surface area contributed by atoms with Crippen LogP contribution in [0.1, 0.15) is 24.4 Å². The van der Waals surface area contributed by atoms with Gasteiger partial charge in [0.2, 0.25) is 5.91 Å². The molecule has 1 saturated heterocycles. The van der Waals surface area contributed by atoms with E-state index in [1.165, 1.54) is 18.2 Å². The average Bonchev–Trinajstić information content (AvgIpc) is 3.16. The lowest BCUT2D eigenvalue weighted by molar-refractivity contribution is -0.383. The topological polar surface area (TPSA) is 93.9 Å². The Labute approximate surface area is 173 Å². The van der Waals surface area contributed by atoms with Crippen molar-refractivity contribution in [1.29, 1.82) is 0 Å². The van der Waals surface area contributed by atoms with E-state index in [4.69, 9.17) is 21.1 Å². The molecule has 29 heavy (non-hydrogen) atoms. The van der Waals surface area contributed by atoms with Crippen LogP contribution in [-0.2, 0) is 4.79 Å². The number of hydrogen-bond acceptors (Lipinski definition) is 6. The molecule has 2 aromatic rings. The Balaban J connectivity index is 1.77. The third kappa shape index (κ3) is 4.78. The number of methoxy groups -OCH3 is 2. The summed E-state index contributed by atoms with van der Waals surface area (Å²) >= 11 is 5.83. The second kappa shape index (κ2) is 9.11. The van der Waals surface area contributed by atoms with E-state index in [1.54, 1.807) is 14.2 Å². The van der Waals surface area contributed by atoms with Crippen LogP contribution in [0.4, 0.5) is 11.4 Å². The third-order valence-corrected chi connectivity index (χ3v) is 5.17. The lowest BCUT2D eigenvalue weighted by Gasteiger charge is -2.26. The minimum Gasteiger partial charge on any atom is -0.497 e. The number of rotatable bonds is 7. The Hall–Kier alpha value is -2.84. The zero-order valence-corrected chi connectivity index (χ0v) is 16.9. The number of likely N-dealkylation sites (tertiary alicyclic amines) is 1. The molecule has 1 atom stereocenters. The fourth-order valence-corrected chi connectivity index (χ4v) is 3.77. The van der Waals surface area contributed by atoms with Crippen LogP contribution < -0.4 is 14.8 Å². The van der Waals surface area contributed by atoms with Gasteiger partial charge < -0.3 is 14.8 Å². The van der Waals surface area contributed by atoms with Crippen molar-refractivity contribution < 1.29 is 19.2 Å². The number of nitrogens with one attached hydrogen (secondary N) is 1. The Bertz CT molecular complexity index is 921. The Kier molecular flexibility index (Phi) is 6.56. The van der Waals surface area contributed by atoms with Crippen molar-refractivity contribution in [2.24, 2.45) is 0 Å². The molecule has 0 unspecified atom stereocenters. The smallest absolute Gasteiger partial charge is 0.294 e. The van der Waals surface area contributed by atoms with Gasteiger partial charge in [-0.2, -0.15) is 0 Å². The van der Waals surface area contributed by atoms with Gasteiger partial charge in [0.15, 0.2) is 0 Å². The van der Waals surface area contributed by atoms with E-state index in [0.29, 0.717) is 5.75 Å². The maximum atomic E-state index is 12.6. The number of nitro groups is 1. The number of amides is 1. The van der Waals surface area contributed by atoms with Gasteiger partial charge >= 0.3 is 0 Å². The highest BCUT2D eigenvalue weighted by Gasteiger charge is 2.30. The van der Waals surface area contributed by atoms with Crippen molar-refractivity contribution >= 4 is 28.9 Å². The maximum Gasteiger partial charge on any atom is 0.294 e. The number of ether oxygens (including phenoxy) is 2. The van der Waals surface area contributed by atoms with Gasteiger partial charge in [0.1, 0.15) is 17.2 Å². The summed E-state index contributed by atoms with van der Waals surface area (Å²) in [5, 5.41) is 14.1. The summed E-state index contributed by atoms with van der Waals surface area (Å²) in [5.74, 6) is 1.12. The summed E-state index contributed by atoms with van der Waals surface area (Å²) in [6, 6.07) is 9.75. The molecule has 1 aliphatic rings. The Morgan fingerprint density at radius 3 is 2.76 bits per heavy atom. The van der Waals surface area contributed by atoms with Gasteiger partial charge in [0, 0.05) is 22.7 Å². The summed E-state index contributed by atoms with van der Waals surface area (Å²) in [6.45, 7) is 0.839. The van der Waals surface area contributed by atoms with Crippen molar-refractivity contribution in [2.75, 3.05) is 32.6 Å². The molecule has 0 bridgehead atoms. The van der Waals surface area contributed by atoms with E-state index in [-0.39, 0.29) is 34.9 Å². The SMILES string of the molecule is COc1ccc(OC)c([C@H]2CCCN2CC(=O)Nc2ccc(Cl)cc2[N+](=O)[O-])c1. The van der Waals surface area contributed by atoms with Crippen molar-refractivity contribution in [3.8, 4) is 11.5 Å². The molecule has 0 aliphatic carbocycles. The molecule has 1 N–H and O–H groups in total. The fraction of sp³-hybridized carbons (Fsp3) is 0.350. The summed E-state index contributed by atoms with van der Waals surface area (Å²) in [5.41, 5.74) is 0.840. The molecule has 1 fully saturated rings. The highest BCUT2D eigenvalue weighted by atomic mass is 35.5. The second-order valence-electron chi connectivity index (χ2n) is 6.70. The number of hydrogen-bond donors (Lipinski definition) is 1. The van der Waals surface area contributed by atoms with Gasteiger partial charge in [-0.15, -0.1) is 0 Å². The molecule has 1 heterocycles. The van der Waals surface area contributed by atoms with Crippen LogP contribution in [0.25, 0.3) is 0 Å². The van der Waals surface area contributed by atoms with Crippen LogP contribution in [0.5, 0.6) is 11.5 Å². The molecular weight excluding hydrogens is 398 g/mol. The van der Waals surface area contributed by atoms with Crippen LogP contribution in [0.2, 0.25) is 5.02 Å². The molecule has 0 saturated carbocycles. The van der Waals surface area contributed by atoms with Gasteiger partial charge in [0.25, 0.3) is 5.69 Å². The van der Waals surface area contributed by atoms with Gasteiger partial charge in [-0.05, 0) is 49.7 Å². The molecule has 9 heteroatoms. The number of anilines is 1. The van der Waals surface area contributed by atoms with Crippen LogP contribution >= 0.6 is 11.6 Å². The first-order valence-electron chi connectivity index (χ1n) is 9.12. The van der Waals surface area contributed by atoms with Gasteiger partial charge in [-0.1, -0.05) is 11.6 Å². The molecule has 0 aromatic heterocycles. The van der Waals surface area contributed by atoms with E-state index < -0.39 is 4.92 Å². The minimum atomic E-state index is -0.568. The van der Waals surface area contributed by atoms with Crippen LogP contribution in [0.15, 0.2) is 36.4 Å². The van der Waals surface area contributed by atoms with Crippen LogP contribution in [0.3, 0.4) is 0 Å². The van der Waals surface area contributed by atoms with Gasteiger partial charge in [-0.3, -0.25) is 19.8 Å². The van der Waals surface area contributed by atoms with Crippen LogP contribution in [0, 0.1) is 10.1 Å². The van der Waals surface area contributed by atoms with E-state index in [9.17, 15) is 14.9 Å². The average molecular weight is 420 g/mol. The molecule has 0 spiro atoms. The predicted molar refractivity (Wildman–Crippen MR) is 110 cm³/mol. The monoisotopic (exact) mass is 419 g/mol. The zero-order chi connectivity index (χ0) is 21.0. The quantitative estimate of drug-likeness (QED) is 0.537. The predicted octanol–water partition coefficient (Wildman–Crippen LogP) is 4.04. The number of carbonyl (C=O) groups is 1. The number of carbonyl (C=O) groups excluding carboxylic acids is 1. The lowest BCUT2D eigenvalue weighted by Crippen LogP contribution is -2.33. The van der Waals surface area contributed by atoms with E-state index in [0.717, 1.165) is 30.7 Å². The summed E-state index contributed by atoms with van der Waals surface area (Å²) in [7, 11) is 3.21. The second-order valence-corrected chi connectivity index (χ2v) is 7.14.